The quantitative estimate of drug-likeness (QED) is 0.616. The van der Waals surface area contributed by atoms with E-state index < -0.39 is 0 Å². The summed E-state index contributed by atoms with van der Waals surface area (Å²) in [6.45, 7) is 7.19. The molecule has 2 heterocycles. The Hall–Kier alpha value is -2.99. The molecule has 33 heavy (non-hydrogen) atoms. The number of amides is 1. The van der Waals surface area contributed by atoms with Gasteiger partial charge in [0.25, 0.3) is 5.91 Å². The molecule has 174 valence electrons. The van der Waals surface area contributed by atoms with Crippen molar-refractivity contribution in [3.05, 3.63) is 70.8 Å². The largest absolute Gasteiger partial charge is 0.465 e. The normalized spacial score (nSPS) is 21.1. The summed E-state index contributed by atoms with van der Waals surface area (Å²) in [6, 6.07) is 15.9. The maximum absolute atomic E-state index is 13.6. The van der Waals surface area contributed by atoms with Crippen molar-refractivity contribution >= 4 is 17.6 Å². The Labute approximate surface area is 196 Å². The van der Waals surface area contributed by atoms with Crippen LogP contribution in [-0.2, 0) is 14.3 Å². The minimum absolute atomic E-state index is 0.0830. The summed E-state index contributed by atoms with van der Waals surface area (Å²) in [5.41, 5.74) is 5.41. The molecule has 0 unspecified atom stereocenters. The fourth-order valence-corrected chi connectivity index (χ4v) is 4.82. The zero-order chi connectivity index (χ0) is 23.4. The van der Waals surface area contributed by atoms with Crippen LogP contribution < -0.4 is 0 Å². The number of likely N-dealkylation sites (tertiary alicyclic amines) is 1. The van der Waals surface area contributed by atoms with Crippen LogP contribution in [0.25, 0.3) is 0 Å². The first kappa shape index (κ1) is 23.2. The van der Waals surface area contributed by atoms with E-state index in [0.29, 0.717) is 19.6 Å². The molecule has 0 aromatic heterocycles. The summed E-state index contributed by atoms with van der Waals surface area (Å²) in [7, 11) is 0. The second-order valence-electron chi connectivity index (χ2n) is 8.97. The molecular weight excluding hydrogens is 414 g/mol. The van der Waals surface area contributed by atoms with E-state index in [2.05, 4.69) is 44.2 Å². The number of aryl methyl sites for hydroxylation is 2. The van der Waals surface area contributed by atoms with Gasteiger partial charge < -0.3 is 4.74 Å². The van der Waals surface area contributed by atoms with Gasteiger partial charge in [-0.05, 0) is 57.4 Å². The van der Waals surface area contributed by atoms with E-state index in [9.17, 15) is 9.59 Å². The van der Waals surface area contributed by atoms with Gasteiger partial charge in [-0.25, -0.2) is 5.01 Å². The van der Waals surface area contributed by atoms with Gasteiger partial charge in [0.1, 0.15) is 6.04 Å². The highest BCUT2D eigenvalue weighted by Gasteiger charge is 2.37. The van der Waals surface area contributed by atoms with Gasteiger partial charge in [0, 0.05) is 12.0 Å². The van der Waals surface area contributed by atoms with Gasteiger partial charge >= 0.3 is 5.97 Å². The molecule has 1 amide bonds. The first-order chi connectivity index (χ1) is 16.0. The highest BCUT2D eigenvalue weighted by atomic mass is 16.5. The van der Waals surface area contributed by atoms with Crippen LogP contribution in [0.1, 0.15) is 60.9 Å². The number of carbonyl (C=O) groups excluding carboxylic acids is 2. The molecule has 2 aliphatic heterocycles. The van der Waals surface area contributed by atoms with E-state index in [1.165, 1.54) is 5.56 Å². The number of piperidine rings is 1. The van der Waals surface area contributed by atoms with Gasteiger partial charge in [-0.2, -0.15) is 5.10 Å². The zero-order valence-corrected chi connectivity index (χ0v) is 19.8. The number of esters is 1. The lowest BCUT2D eigenvalue weighted by Crippen LogP contribution is -2.49. The maximum atomic E-state index is 13.6. The number of hydrogen-bond donors (Lipinski definition) is 0. The first-order valence-corrected chi connectivity index (χ1v) is 11.9. The smallest absolute Gasteiger partial charge is 0.323 e. The third kappa shape index (κ3) is 5.17. The van der Waals surface area contributed by atoms with Crippen molar-refractivity contribution in [2.45, 2.75) is 58.5 Å². The third-order valence-corrected chi connectivity index (χ3v) is 6.56. The zero-order valence-electron chi connectivity index (χ0n) is 19.8. The average molecular weight is 448 g/mol. The molecule has 4 rings (SSSR count). The Morgan fingerprint density at radius 3 is 2.64 bits per heavy atom. The number of rotatable bonds is 6. The molecule has 6 nitrogen and oxygen atoms in total. The van der Waals surface area contributed by atoms with Crippen LogP contribution in [0.15, 0.2) is 53.6 Å². The Kier molecular flexibility index (Phi) is 7.23. The van der Waals surface area contributed by atoms with E-state index in [4.69, 9.17) is 9.84 Å². The lowest BCUT2D eigenvalue weighted by atomic mass is 9.95. The van der Waals surface area contributed by atoms with E-state index in [1.54, 1.807) is 5.01 Å². The fraction of sp³-hybridized carbons (Fsp3) is 0.444. The van der Waals surface area contributed by atoms with E-state index in [0.717, 1.165) is 41.7 Å². The topological polar surface area (TPSA) is 62.2 Å². The summed E-state index contributed by atoms with van der Waals surface area (Å²) in [5.74, 6) is -0.314. The first-order valence-electron chi connectivity index (χ1n) is 11.9. The number of hydrogen-bond acceptors (Lipinski definition) is 5. The standard InChI is InChI=1S/C27H33N3O3/c1-4-33-27(32)24-12-8-9-15-29(24)18-26(31)30-25(21-10-6-5-7-11-21)17-23(28-30)22-16-19(2)13-14-20(22)3/h5-7,10-11,13-14,16,24-25H,4,8-9,12,15,17-18H2,1-3H3/t24-,25+/m0/s1. The molecule has 2 aromatic rings. The fourth-order valence-electron chi connectivity index (χ4n) is 4.82. The van der Waals surface area contributed by atoms with Crippen molar-refractivity contribution in [1.82, 2.24) is 9.91 Å². The molecule has 2 aromatic carbocycles. The second kappa shape index (κ2) is 10.3. The minimum Gasteiger partial charge on any atom is -0.465 e. The van der Waals surface area contributed by atoms with Gasteiger partial charge in [0.2, 0.25) is 0 Å². The molecule has 2 atom stereocenters. The highest BCUT2D eigenvalue weighted by molar-refractivity contribution is 6.04. The van der Waals surface area contributed by atoms with Crippen LogP contribution >= 0.6 is 0 Å². The molecule has 0 radical (unpaired) electrons. The van der Waals surface area contributed by atoms with Crippen LogP contribution in [0.5, 0.6) is 0 Å². The number of hydrazone groups is 1. The number of benzene rings is 2. The molecule has 1 saturated heterocycles. The second-order valence-corrected chi connectivity index (χ2v) is 8.97. The van der Waals surface area contributed by atoms with Crippen LogP contribution in [0.2, 0.25) is 0 Å². The van der Waals surface area contributed by atoms with Gasteiger partial charge in [0.15, 0.2) is 0 Å². The van der Waals surface area contributed by atoms with Gasteiger partial charge in [0.05, 0.1) is 24.9 Å². The Morgan fingerprint density at radius 2 is 1.88 bits per heavy atom. The van der Waals surface area contributed by atoms with Crippen molar-refractivity contribution in [2.24, 2.45) is 5.10 Å². The van der Waals surface area contributed by atoms with Crippen molar-refractivity contribution in [3.8, 4) is 0 Å². The molecule has 0 aliphatic carbocycles. The highest BCUT2D eigenvalue weighted by Crippen LogP contribution is 2.34. The van der Waals surface area contributed by atoms with E-state index in [-0.39, 0.29) is 30.5 Å². The third-order valence-electron chi connectivity index (χ3n) is 6.56. The Bertz CT molecular complexity index is 1030. The summed E-state index contributed by atoms with van der Waals surface area (Å²) < 4.78 is 5.28. The van der Waals surface area contributed by atoms with E-state index in [1.807, 2.05) is 30.0 Å². The monoisotopic (exact) mass is 447 g/mol. The van der Waals surface area contributed by atoms with Crippen LogP contribution in [0, 0.1) is 13.8 Å². The molecular formula is C27H33N3O3. The molecule has 0 bridgehead atoms. The van der Waals surface area contributed by atoms with Crippen molar-refractivity contribution in [1.29, 1.82) is 0 Å². The van der Waals surface area contributed by atoms with Crippen molar-refractivity contribution < 1.29 is 14.3 Å². The van der Waals surface area contributed by atoms with Gasteiger partial charge in [-0.15, -0.1) is 0 Å². The summed E-state index contributed by atoms with van der Waals surface area (Å²) in [6.07, 6.45) is 3.34. The summed E-state index contributed by atoms with van der Waals surface area (Å²) >= 11 is 0. The lowest BCUT2D eigenvalue weighted by Gasteiger charge is -2.34. The molecule has 2 aliphatic rings. The molecule has 0 spiro atoms. The SMILES string of the molecule is CCOC(=O)[C@@H]1CCCCN1CC(=O)N1N=C(c2cc(C)ccc2C)C[C@@H]1c1ccccc1. The van der Waals surface area contributed by atoms with Gasteiger partial charge in [-0.1, -0.05) is 54.4 Å². The van der Waals surface area contributed by atoms with Crippen LogP contribution in [-0.4, -0.2) is 53.2 Å². The summed E-state index contributed by atoms with van der Waals surface area (Å²) in [5, 5.41) is 6.49. The molecule has 0 saturated carbocycles. The molecule has 1 fully saturated rings. The average Bonchev–Trinajstić information content (AvgIpc) is 3.27. The van der Waals surface area contributed by atoms with Crippen LogP contribution in [0.3, 0.4) is 0 Å². The molecule has 0 N–H and O–H groups in total. The number of carbonyl (C=O) groups is 2. The van der Waals surface area contributed by atoms with Crippen LogP contribution in [0.4, 0.5) is 0 Å². The Balaban J connectivity index is 1.61. The predicted molar refractivity (Wildman–Crippen MR) is 129 cm³/mol. The number of ether oxygens (including phenoxy) is 1. The van der Waals surface area contributed by atoms with E-state index >= 15 is 0 Å². The minimum atomic E-state index is -0.358. The Morgan fingerprint density at radius 1 is 1.09 bits per heavy atom. The summed E-state index contributed by atoms with van der Waals surface area (Å²) in [4.78, 5) is 28.0. The number of nitrogens with zero attached hydrogens (tertiary/aromatic N) is 3. The predicted octanol–water partition coefficient (Wildman–Crippen LogP) is 4.40. The van der Waals surface area contributed by atoms with Crippen molar-refractivity contribution in [2.75, 3.05) is 19.7 Å². The molecule has 6 heteroatoms. The maximum Gasteiger partial charge on any atom is 0.323 e. The van der Waals surface area contributed by atoms with Gasteiger partial charge in [-0.3, -0.25) is 14.5 Å². The van der Waals surface area contributed by atoms with Crippen molar-refractivity contribution in [3.63, 3.8) is 0 Å². The lowest BCUT2D eigenvalue weighted by molar-refractivity contribution is -0.152.